The van der Waals surface area contributed by atoms with E-state index in [2.05, 4.69) is 172 Å². The molecule has 0 saturated heterocycles. The van der Waals surface area contributed by atoms with Crippen LogP contribution in [0.2, 0.25) is 0 Å². The molecule has 0 atom stereocenters. The Morgan fingerprint density at radius 3 is 1.70 bits per heavy atom. The molecule has 0 saturated carbocycles. The first-order chi connectivity index (χ1) is 25.5. The van der Waals surface area contributed by atoms with Crippen LogP contribution in [0.4, 0.5) is 0 Å². The minimum atomic E-state index is 0.0508. The second-order valence-corrected chi connectivity index (χ2v) is 17.1. The number of rotatable bonds is 5. The van der Waals surface area contributed by atoms with Gasteiger partial charge in [0.05, 0.1) is 39.6 Å². The van der Waals surface area contributed by atoms with Crippen molar-refractivity contribution in [2.24, 2.45) is 0 Å². The Morgan fingerprint density at radius 2 is 1.09 bits per heavy atom. The van der Waals surface area contributed by atoms with Crippen molar-refractivity contribution < 1.29 is 4.74 Å². The summed E-state index contributed by atoms with van der Waals surface area (Å²) < 4.78 is 11.5. The van der Waals surface area contributed by atoms with Gasteiger partial charge in [0.2, 0.25) is 0 Å². The molecule has 0 aliphatic heterocycles. The number of hydrogen-bond acceptors (Lipinski definition) is 3. The second kappa shape index (κ2) is 12.2. The van der Waals surface area contributed by atoms with Gasteiger partial charge in [-0.1, -0.05) is 96.1 Å². The average Bonchev–Trinajstić information content (AvgIpc) is 3.84. The maximum Gasteiger partial charge on any atom is 0.127 e. The van der Waals surface area contributed by atoms with E-state index in [-0.39, 0.29) is 10.8 Å². The minimum absolute atomic E-state index is 0.0508. The maximum atomic E-state index is 5.55. The molecule has 6 aromatic carbocycles. The third-order valence-electron chi connectivity index (χ3n) is 10.6. The molecular weight excluding hydrogens is 667 g/mol. The van der Waals surface area contributed by atoms with Crippen LogP contribution in [0.1, 0.15) is 52.7 Å². The van der Waals surface area contributed by atoms with E-state index in [0.717, 1.165) is 50.0 Å². The van der Waals surface area contributed by atoms with Gasteiger partial charge in [-0.25, -0.2) is 4.98 Å². The van der Waals surface area contributed by atoms with Crippen molar-refractivity contribution in [2.75, 3.05) is 7.11 Å². The maximum absolute atomic E-state index is 5.55. The van der Waals surface area contributed by atoms with Crippen LogP contribution in [0, 0.1) is 0 Å². The molecule has 53 heavy (non-hydrogen) atoms. The lowest BCUT2D eigenvalue weighted by molar-refractivity contribution is 0.415. The molecule has 0 radical (unpaired) electrons. The Kier molecular flexibility index (Phi) is 7.65. The summed E-state index contributed by atoms with van der Waals surface area (Å²) in [7, 11) is 1.71. The van der Waals surface area contributed by atoms with Gasteiger partial charge < -0.3 is 13.9 Å². The monoisotopic (exact) mass is 709 g/mol. The number of fused-ring (bicyclic) bond motifs is 5. The molecule has 3 aromatic heterocycles. The predicted molar refractivity (Wildman–Crippen MR) is 226 cm³/mol. The zero-order chi connectivity index (χ0) is 36.6. The number of para-hydroxylation sites is 2. The number of benzene rings is 6. The SMILES string of the molecule is COc1ccc(-n2c(-c3ccc(-n4c5ccc(C(C)(C)C)cc5c5cc(C(C)(C)C)ccc54)cc3)c(-c3nc4ccccc4s3)c3ccccc32)cc1. The summed E-state index contributed by atoms with van der Waals surface area (Å²) in [6, 6.07) is 48.6. The molecule has 9 aromatic rings. The lowest BCUT2D eigenvalue weighted by Crippen LogP contribution is -2.10. The molecule has 0 aliphatic carbocycles. The fraction of sp³-hybridized carbons (Fsp3) is 0.188. The Balaban J connectivity index is 1.28. The Bertz CT molecular complexity index is 2720. The normalized spacial score (nSPS) is 12.4. The first-order valence-electron chi connectivity index (χ1n) is 18.3. The second-order valence-electron chi connectivity index (χ2n) is 16.1. The summed E-state index contributed by atoms with van der Waals surface area (Å²) in [4.78, 5) is 5.21. The molecule has 9 rings (SSSR count). The van der Waals surface area contributed by atoms with Gasteiger partial charge in [-0.05, 0) is 106 Å². The molecule has 0 bridgehead atoms. The highest BCUT2D eigenvalue weighted by atomic mass is 32.1. The van der Waals surface area contributed by atoms with Gasteiger partial charge in [-0.2, -0.15) is 0 Å². The van der Waals surface area contributed by atoms with Gasteiger partial charge >= 0.3 is 0 Å². The van der Waals surface area contributed by atoms with Crippen molar-refractivity contribution >= 4 is 54.3 Å². The first kappa shape index (κ1) is 33.2. The Hall–Kier alpha value is -5.65. The van der Waals surface area contributed by atoms with Gasteiger partial charge in [0.15, 0.2) is 0 Å². The molecule has 0 spiro atoms. The van der Waals surface area contributed by atoms with Crippen LogP contribution >= 0.6 is 11.3 Å². The van der Waals surface area contributed by atoms with Crippen molar-refractivity contribution in [3.05, 3.63) is 145 Å². The molecule has 3 heterocycles. The van der Waals surface area contributed by atoms with Crippen LogP contribution in [0.25, 0.3) is 76.1 Å². The molecule has 262 valence electrons. The fourth-order valence-electron chi connectivity index (χ4n) is 7.71. The Labute approximate surface area is 314 Å². The zero-order valence-corrected chi connectivity index (χ0v) is 32.2. The highest BCUT2D eigenvalue weighted by molar-refractivity contribution is 7.21. The van der Waals surface area contributed by atoms with Crippen molar-refractivity contribution in [1.29, 1.82) is 0 Å². The quantitative estimate of drug-likeness (QED) is 0.178. The van der Waals surface area contributed by atoms with E-state index in [9.17, 15) is 0 Å². The lowest BCUT2D eigenvalue weighted by atomic mass is 9.85. The predicted octanol–water partition coefficient (Wildman–Crippen LogP) is 13.3. The minimum Gasteiger partial charge on any atom is -0.497 e. The number of ether oxygens (including phenoxy) is 1. The van der Waals surface area contributed by atoms with Crippen LogP contribution in [-0.2, 0) is 10.8 Å². The van der Waals surface area contributed by atoms with Gasteiger partial charge in [0.25, 0.3) is 0 Å². The molecule has 5 heteroatoms. The van der Waals surface area contributed by atoms with E-state index in [0.29, 0.717) is 0 Å². The van der Waals surface area contributed by atoms with E-state index in [1.807, 2.05) is 12.1 Å². The average molecular weight is 710 g/mol. The van der Waals surface area contributed by atoms with Gasteiger partial charge in [0.1, 0.15) is 10.8 Å². The van der Waals surface area contributed by atoms with E-state index in [1.165, 1.54) is 43.0 Å². The number of aromatic nitrogens is 3. The van der Waals surface area contributed by atoms with Crippen LogP contribution in [0.15, 0.2) is 133 Å². The third kappa shape index (κ3) is 5.53. The summed E-state index contributed by atoms with van der Waals surface area (Å²) in [5.41, 5.74) is 13.0. The van der Waals surface area contributed by atoms with E-state index in [4.69, 9.17) is 9.72 Å². The van der Waals surface area contributed by atoms with Crippen LogP contribution in [0.5, 0.6) is 5.75 Å². The molecule has 0 aliphatic rings. The molecule has 0 fully saturated rings. The highest BCUT2D eigenvalue weighted by Crippen LogP contribution is 2.46. The van der Waals surface area contributed by atoms with E-state index in [1.54, 1.807) is 18.4 Å². The smallest absolute Gasteiger partial charge is 0.127 e. The van der Waals surface area contributed by atoms with Crippen LogP contribution in [-0.4, -0.2) is 21.2 Å². The summed E-state index contributed by atoms with van der Waals surface area (Å²) >= 11 is 1.75. The number of hydrogen-bond donors (Lipinski definition) is 0. The van der Waals surface area contributed by atoms with Crippen LogP contribution < -0.4 is 4.74 Å². The number of nitrogens with zero attached hydrogens (tertiary/aromatic N) is 3. The summed E-state index contributed by atoms with van der Waals surface area (Å²) in [5.74, 6) is 0.831. The Morgan fingerprint density at radius 1 is 0.547 bits per heavy atom. The van der Waals surface area contributed by atoms with Crippen molar-refractivity contribution in [3.63, 3.8) is 0 Å². The van der Waals surface area contributed by atoms with Gasteiger partial charge in [-0.15, -0.1) is 11.3 Å². The molecular formula is C48H43N3OS. The van der Waals surface area contributed by atoms with E-state index < -0.39 is 0 Å². The first-order valence-corrected chi connectivity index (χ1v) is 19.1. The summed E-state index contributed by atoms with van der Waals surface area (Å²) in [5, 5.41) is 4.77. The van der Waals surface area contributed by atoms with E-state index >= 15 is 0 Å². The third-order valence-corrected chi connectivity index (χ3v) is 11.7. The number of methoxy groups -OCH3 is 1. The largest absolute Gasteiger partial charge is 0.497 e. The van der Waals surface area contributed by atoms with Crippen molar-refractivity contribution in [3.8, 4) is 39.0 Å². The lowest BCUT2D eigenvalue weighted by Gasteiger charge is -2.19. The van der Waals surface area contributed by atoms with Crippen molar-refractivity contribution in [1.82, 2.24) is 14.1 Å². The fourth-order valence-corrected chi connectivity index (χ4v) is 8.74. The number of thiazole rings is 1. The van der Waals surface area contributed by atoms with Crippen molar-refractivity contribution in [2.45, 2.75) is 52.4 Å². The van der Waals surface area contributed by atoms with Gasteiger partial charge in [0, 0.05) is 33.1 Å². The topological polar surface area (TPSA) is 32.0 Å². The molecule has 4 nitrogen and oxygen atoms in total. The molecule has 0 N–H and O–H groups in total. The molecule has 0 unspecified atom stereocenters. The summed E-state index contributed by atoms with van der Waals surface area (Å²) in [6.07, 6.45) is 0. The standard InChI is InChI=1S/C48H43N3OS/c1-47(2,3)31-18-26-41-37(28-31)38-29-32(48(4,5)6)19-27-42(38)50(41)33-20-16-30(17-21-33)45-44(46-49-39-13-9-11-15-43(39)53-46)36-12-8-10-14-40(36)51(45)34-22-24-35(52-7)25-23-34/h8-29H,1-7H3. The zero-order valence-electron chi connectivity index (χ0n) is 31.4. The summed E-state index contributed by atoms with van der Waals surface area (Å²) in [6.45, 7) is 13.8. The molecule has 0 amide bonds. The highest BCUT2D eigenvalue weighted by Gasteiger charge is 2.25. The van der Waals surface area contributed by atoms with Crippen LogP contribution in [0.3, 0.4) is 0 Å². The van der Waals surface area contributed by atoms with Gasteiger partial charge in [-0.3, -0.25) is 0 Å².